The van der Waals surface area contributed by atoms with Gasteiger partial charge in [0.2, 0.25) is 0 Å². The summed E-state index contributed by atoms with van der Waals surface area (Å²) in [7, 11) is 0. The van der Waals surface area contributed by atoms with Gasteiger partial charge in [-0.15, -0.1) is 0 Å². The zero-order valence-corrected chi connectivity index (χ0v) is 10.7. The Hall–Kier alpha value is -1.07. The van der Waals surface area contributed by atoms with E-state index in [9.17, 15) is 9.90 Å². The smallest absolute Gasteiger partial charge is 0.321 e. The lowest BCUT2D eigenvalue weighted by Gasteiger charge is -2.28. The third-order valence-corrected chi connectivity index (χ3v) is 2.70. The molecule has 90 valence electrons. The molecule has 1 aromatic heterocycles. The summed E-state index contributed by atoms with van der Waals surface area (Å²) in [6.45, 7) is 6.15. The highest BCUT2D eigenvalue weighted by atomic mass is 32.1. The van der Waals surface area contributed by atoms with Crippen LogP contribution in [0.25, 0.3) is 0 Å². The average molecular weight is 242 g/mol. The molecule has 0 unspecified atom stereocenters. The number of nitrogens with zero attached hydrogens (tertiary/aromatic N) is 1. The van der Waals surface area contributed by atoms with Crippen molar-refractivity contribution in [1.82, 2.24) is 4.90 Å². The van der Waals surface area contributed by atoms with E-state index in [2.05, 4.69) is 5.32 Å². The SMILES string of the molecule is CCN(CC(C)(C)O)C(=O)Nc1ccsc1. The standard InChI is InChI=1S/C11H18N2O2S/c1-4-13(8-11(2,3)15)10(14)12-9-5-6-16-7-9/h5-7,15H,4,8H2,1-3H3,(H,12,14). The van der Waals surface area contributed by atoms with Crippen molar-refractivity contribution >= 4 is 23.1 Å². The van der Waals surface area contributed by atoms with E-state index in [0.717, 1.165) is 5.69 Å². The van der Waals surface area contributed by atoms with E-state index in [0.29, 0.717) is 13.1 Å². The molecule has 1 aromatic rings. The predicted octanol–water partition coefficient (Wildman–Crippen LogP) is 2.37. The Morgan fingerprint density at radius 1 is 1.62 bits per heavy atom. The van der Waals surface area contributed by atoms with Crippen LogP contribution in [0.4, 0.5) is 10.5 Å². The van der Waals surface area contributed by atoms with Crippen LogP contribution in [-0.4, -0.2) is 34.7 Å². The Labute approximate surface area is 99.9 Å². The maximum absolute atomic E-state index is 11.8. The molecule has 5 heteroatoms. The summed E-state index contributed by atoms with van der Waals surface area (Å²) in [5.41, 5.74) is -0.0775. The van der Waals surface area contributed by atoms with Gasteiger partial charge >= 0.3 is 6.03 Å². The molecule has 0 aliphatic carbocycles. The van der Waals surface area contributed by atoms with Crippen molar-refractivity contribution < 1.29 is 9.90 Å². The van der Waals surface area contributed by atoms with Crippen LogP contribution in [0.15, 0.2) is 16.8 Å². The number of thiophene rings is 1. The molecule has 0 spiro atoms. The fourth-order valence-corrected chi connectivity index (χ4v) is 1.92. The van der Waals surface area contributed by atoms with Crippen molar-refractivity contribution in [2.45, 2.75) is 26.4 Å². The number of likely N-dealkylation sites (N-methyl/N-ethyl adjacent to an activating group) is 1. The van der Waals surface area contributed by atoms with Gasteiger partial charge in [0.15, 0.2) is 0 Å². The summed E-state index contributed by atoms with van der Waals surface area (Å²) < 4.78 is 0. The Kier molecular flexibility index (Phi) is 4.32. The lowest BCUT2D eigenvalue weighted by Crippen LogP contribution is -2.44. The first kappa shape index (κ1) is 13.0. The van der Waals surface area contributed by atoms with Crippen LogP contribution >= 0.6 is 11.3 Å². The molecule has 0 radical (unpaired) electrons. The van der Waals surface area contributed by atoms with E-state index in [-0.39, 0.29) is 6.03 Å². The van der Waals surface area contributed by atoms with E-state index in [1.54, 1.807) is 18.7 Å². The summed E-state index contributed by atoms with van der Waals surface area (Å²) in [6, 6.07) is 1.67. The van der Waals surface area contributed by atoms with Gasteiger partial charge in [-0.05, 0) is 32.2 Å². The normalized spacial score (nSPS) is 11.2. The number of nitrogens with one attached hydrogen (secondary N) is 1. The van der Waals surface area contributed by atoms with Crippen LogP contribution < -0.4 is 5.32 Å². The predicted molar refractivity (Wildman–Crippen MR) is 66.9 cm³/mol. The first-order chi connectivity index (χ1) is 7.42. The van der Waals surface area contributed by atoms with Crippen molar-refractivity contribution in [1.29, 1.82) is 0 Å². The van der Waals surface area contributed by atoms with Gasteiger partial charge in [-0.2, -0.15) is 11.3 Å². The Morgan fingerprint density at radius 2 is 2.31 bits per heavy atom. The fourth-order valence-electron chi connectivity index (χ4n) is 1.33. The van der Waals surface area contributed by atoms with Crippen LogP contribution in [0.2, 0.25) is 0 Å². The lowest BCUT2D eigenvalue weighted by atomic mass is 10.1. The van der Waals surface area contributed by atoms with Gasteiger partial charge in [0.1, 0.15) is 0 Å². The van der Waals surface area contributed by atoms with Crippen molar-refractivity contribution in [2.75, 3.05) is 18.4 Å². The monoisotopic (exact) mass is 242 g/mol. The van der Waals surface area contributed by atoms with Gasteiger partial charge in [-0.3, -0.25) is 0 Å². The van der Waals surface area contributed by atoms with Crippen LogP contribution in [0.3, 0.4) is 0 Å². The van der Waals surface area contributed by atoms with E-state index in [1.807, 2.05) is 23.8 Å². The topological polar surface area (TPSA) is 52.6 Å². The molecule has 0 saturated heterocycles. The third-order valence-electron chi connectivity index (χ3n) is 2.02. The number of hydrogen-bond donors (Lipinski definition) is 2. The minimum atomic E-state index is -0.873. The second kappa shape index (κ2) is 5.32. The molecule has 4 nitrogen and oxygen atoms in total. The molecule has 1 rings (SSSR count). The van der Waals surface area contributed by atoms with Crippen molar-refractivity contribution in [2.24, 2.45) is 0 Å². The highest BCUT2D eigenvalue weighted by molar-refractivity contribution is 7.08. The second-order valence-electron chi connectivity index (χ2n) is 4.27. The number of amides is 2. The largest absolute Gasteiger partial charge is 0.389 e. The molecule has 2 N–H and O–H groups in total. The molecule has 0 atom stereocenters. The number of carbonyl (C=O) groups excluding carboxylic acids is 1. The van der Waals surface area contributed by atoms with E-state index >= 15 is 0 Å². The molecule has 0 aliphatic rings. The maximum Gasteiger partial charge on any atom is 0.321 e. The van der Waals surface area contributed by atoms with E-state index < -0.39 is 5.60 Å². The zero-order valence-electron chi connectivity index (χ0n) is 9.86. The number of aliphatic hydroxyl groups is 1. The molecule has 0 bridgehead atoms. The minimum absolute atomic E-state index is 0.178. The number of urea groups is 1. The van der Waals surface area contributed by atoms with Crippen LogP contribution in [0.1, 0.15) is 20.8 Å². The van der Waals surface area contributed by atoms with E-state index in [1.165, 1.54) is 11.3 Å². The Morgan fingerprint density at radius 3 is 2.75 bits per heavy atom. The number of carbonyl (C=O) groups is 1. The Balaban J connectivity index is 2.56. The first-order valence-corrected chi connectivity index (χ1v) is 6.17. The number of hydrogen-bond acceptors (Lipinski definition) is 3. The van der Waals surface area contributed by atoms with Gasteiger partial charge in [0, 0.05) is 11.9 Å². The molecule has 0 saturated carbocycles. The zero-order chi connectivity index (χ0) is 12.2. The summed E-state index contributed by atoms with van der Waals surface area (Å²) in [6.07, 6.45) is 0. The molecule has 0 aliphatic heterocycles. The van der Waals surface area contributed by atoms with Gasteiger partial charge in [0.25, 0.3) is 0 Å². The lowest BCUT2D eigenvalue weighted by molar-refractivity contribution is 0.0501. The Bertz CT molecular complexity index is 330. The van der Waals surface area contributed by atoms with E-state index in [4.69, 9.17) is 0 Å². The first-order valence-electron chi connectivity index (χ1n) is 5.23. The molecule has 1 heterocycles. The molecule has 0 fully saturated rings. The average Bonchev–Trinajstić information content (AvgIpc) is 2.65. The minimum Gasteiger partial charge on any atom is -0.389 e. The van der Waals surface area contributed by atoms with Gasteiger partial charge < -0.3 is 15.3 Å². The molecular weight excluding hydrogens is 224 g/mol. The number of anilines is 1. The molecule has 0 aromatic carbocycles. The molecule has 2 amide bonds. The summed E-state index contributed by atoms with van der Waals surface area (Å²) in [4.78, 5) is 13.4. The third kappa shape index (κ3) is 4.20. The fraction of sp³-hybridized carbons (Fsp3) is 0.545. The van der Waals surface area contributed by atoms with Crippen LogP contribution in [0, 0.1) is 0 Å². The highest BCUT2D eigenvalue weighted by Crippen LogP contribution is 2.13. The highest BCUT2D eigenvalue weighted by Gasteiger charge is 2.21. The number of rotatable bonds is 4. The summed E-state index contributed by atoms with van der Waals surface area (Å²) >= 11 is 1.53. The maximum atomic E-state index is 11.8. The van der Waals surface area contributed by atoms with Crippen molar-refractivity contribution in [3.8, 4) is 0 Å². The van der Waals surface area contributed by atoms with Gasteiger partial charge in [-0.1, -0.05) is 0 Å². The summed E-state index contributed by atoms with van der Waals surface area (Å²) in [5, 5.41) is 16.2. The van der Waals surface area contributed by atoms with Crippen molar-refractivity contribution in [3.63, 3.8) is 0 Å². The molecular formula is C11H18N2O2S. The van der Waals surface area contributed by atoms with Crippen LogP contribution in [-0.2, 0) is 0 Å². The van der Waals surface area contributed by atoms with Gasteiger partial charge in [0.05, 0.1) is 17.8 Å². The summed E-state index contributed by atoms with van der Waals surface area (Å²) in [5.74, 6) is 0. The molecule has 16 heavy (non-hydrogen) atoms. The van der Waals surface area contributed by atoms with Crippen LogP contribution in [0.5, 0.6) is 0 Å². The second-order valence-corrected chi connectivity index (χ2v) is 5.05. The quantitative estimate of drug-likeness (QED) is 0.851. The van der Waals surface area contributed by atoms with Crippen molar-refractivity contribution in [3.05, 3.63) is 16.8 Å². The van der Waals surface area contributed by atoms with Gasteiger partial charge in [-0.25, -0.2) is 4.79 Å².